The van der Waals surface area contributed by atoms with E-state index in [9.17, 15) is 14.0 Å². The van der Waals surface area contributed by atoms with Gasteiger partial charge < -0.3 is 10.1 Å². The van der Waals surface area contributed by atoms with Gasteiger partial charge in [-0.3, -0.25) is 10.2 Å². The number of ether oxygens (including phenoxy) is 1. The van der Waals surface area contributed by atoms with Crippen molar-refractivity contribution in [2.45, 2.75) is 19.8 Å². The Hall–Kier alpha value is -2.80. The van der Waals surface area contributed by atoms with E-state index in [4.69, 9.17) is 16.3 Å². The van der Waals surface area contributed by atoms with Crippen molar-refractivity contribution in [3.63, 3.8) is 0 Å². The number of carbonyl (C=O) groups excluding carboxylic acids is 2. The van der Waals surface area contributed by atoms with Gasteiger partial charge in [0.05, 0.1) is 13.0 Å². The van der Waals surface area contributed by atoms with Crippen molar-refractivity contribution in [2.75, 3.05) is 13.2 Å². The van der Waals surface area contributed by atoms with Crippen LogP contribution in [0.5, 0.6) is 5.75 Å². The van der Waals surface area contributed by atoms with Crippen molar-refractivity contribution in [3.05, 3.63) is 64.4 Å². The number of amides is 3. The number of nitrogens with one attached hydrogen (secondary N) is 3. The van der Waals surface area contributed by atoms with Crippen molar-refractivity contribution >= 4 is 23.5 Å². The van der Waals surface area contributed by atoms with Crippen LogP contribution in [0, 0.1) is 12.7 Å². The Morgan fingerprint density at radius 3 is 2.56 bits per heavy atom. The molecule has 8 heteroatoms. The topological polar surface area (TPSA) is 79.5 Å². The zero-order valence-electron chi connectivity index (χ0n) is 14.9. The molecule has 0 spiro atoms. The quantitative estimate of drug-likeness (QED) is 0.499. The van der Waals surface area contributed by atoms with Crippen LogP contribution in [0.25, 0.3) is 0 Å². The van der Waals surface area contributed by atoms with Gasteiger partial charge in [-0.1, -0.05) is 23.7 Å². The summed E-state index contributed by atoms with van der Waals surface area (Å²) in [7, 11) is 0. The fourth-order valence-corrected chi connectivity index (χ4v) is 2.46. The van der Waals surface area contributed by atoms with E-state index >= 15 is 0 Å². The predicted molar refractivity (Wildman–Crippen MR) is 101 cm³/mol. The largest absolute Gasteiger partial charge is 0.493 e. The lowest BCUT2D eigenvalue weighted by atomic mass is 10.1. The molecule has 0 saturated carbocycles. The summed E-state index contributed by atoms with van der Waals surface area (Å²) in [5, 5.41) is 3.26. The number of halogens is 2. The molecule has 6 nitrogen and oxygen atoms in total. The van der Waals surface area contributed by atoms with E-state index in [0.717, 1.165) is 11.3 Å². The molecule has 144 valence electrons. The number of hydrazine groups is 1. The molecule has 0 saturated heterocycles. The van der Waals surface area contributed by atoms with E-state index in [-0.39, 0.29) is 12.2 Å². The standard InChI is InChI=1S/C19H21ClFN3O3/c1-13-11-15(20)5-8-17(13)27-10-2-9-22-19(26)24-23-18(25)12-14-3-6-16(21)7-4-14/h3-8,11H,2,9-10,12H2,1H3,(H,23,25)(H2,22,24,26). The first kappa shape index (κ1) is 20.5. The van der Waals surface area contributed by atoms with Crippen molar-refractivity contribution in [1.82, 2.24) is 16.2 Å². The van der Waals surface area contributed by atoms with Gasteiger partial charge in [0.25, 0.3) is 0 Å². The van der Waals surface area contributed by atoms with E-state index in [1.54, 1.807) is 12.1 Å². The maximum Gasteiger partial charge on any atom is 0.333 e. The second kappa shape index (κ2) is 10.4. The Balaban J connectivity index is 1.57. The van der Waals surface area contributed by atoms with Gasteiger partial charge in [-0.05, 0) is 54.8 Å². The molecule has 0 fully saturated rings. The molecule has 2 aromatic carbocycles. The zero-order chi connectivity index (χ0) is 19.6. The third-order valence-corrected chi connectivity index (χ3v) is 3.83. The smallest absolute Gasteiger partial charge is 0.333 e. The predicted octanol–water partition coefficient (Wildman–Crippen LogP) is 3.13. The molecule has 0 bridgehead atoms. The highest BCUT2D eigenvalue weighted by atomic mass is 35.5. The summed E-state index contributed by atoms with van der Waals surface area (Å²) in [6, 6.07) is 10.4. The first-order valence-corrected chi connectivity index (χ1v) is 8.78. The molecule has 0 atom stereocenters. The van der Waals surface area contributed by atoms with Gasteiger partial charge >= 0.3 is 6.03 Å². The Bertz CT molecular complexity index is 784. The van der Waals surface area contributed by atoms with Crippen molar-refractivity contribution < 1.29 is 18.7 Å². The number of carbonyl (C=O) groups is 2. The Morgan fingerprint density at radius 1 is 1.11 bits per heavy atom. The van der Waals surface area contributed by atoms with Gasteiger partial charge in [-0.2, -0.15) is 0 Å². The molecule has 0 aromatic heterocycles. The Labute approximate surface area is 162 Å². The van der Waals surface area contributed by atoms with Gasteiger partial charge in [0.1, 0.15) is 11.6 Å². The van der Waals surface area contributed by atoms with E-state index in [1.807, 2.05) is 13.0 Å². The van der Waals surface area contributed by atoms with Gasteiger partial charge in [0, 0.05) is 11.6 Å². The monoisotopic (exact) mass is 393 g/mol. The fraction of sp³-hybridized carbons (Fsp3) is 0.263. The normalized spacial score (nSPS) is 10.2. The van der Waals surface area contributed by atoms with Crippen molar-refractivity contribution in [3.8, 4) is 5.75 Å². The molecule has 0 aliphatic rings. The number of benzene rings is 2. The molecule has 2 rings (SSSR count). The minimum atomic E-state index is -0.523. The van der Waals surface area contributed by atoms with Crippen LogP contribution in [0.15, 0.2) is 42.5 Å². The summed E-state index contributed by atoms with van der Waals surface area (Å²) in [5.41, 5.74) is 6.13. The minimum absolute atomic E-state index is 0.0366. The zero-order valence-corrected chi connectivity index (χ0v) is 15.6. The summed E-state index contributed by atoms with van der Waals surface area (Å²) in [5.74, 6) is -0.0259. The third kappa shape index (κ3) is 7.53. The molecule has 0 aliphatic carbocycles. The molecule has 2 aromatic rings. The van der Waals surface area contributed by atoms with Crippen LogP contribution >= 0.6 is 11.6 Å². The highest BCUT2D eigenvalue weighted by Crippen LogP contribution is 2.21. The maximum atomic E-state index is 12.8. The first-order chi connectivity index (χ1) is 12.9. The lowest BCUT2D eigenvalue weighted by Crippen LogP contribution is -2.47. The second-order valence-electron chi connectivity index (χ2n) is 5.84. The molecular weight excluding hydrogens is 373 g/mol. The van der Waals surface area contributed by atoms with Crippen LogP contribution in [0.3, 0.4) is 0 Å². The average Bonchev–Trinajstić information content (AvgIpc) is 2.63. The van der Waals surface area contributed by atoms with Gasteiger partial charge in [0.15, 0.2) is 0 Å². The Morgan fingerprint density at radius 2 is 1.85 bits per heavy atom. The number of urea groups is 1. The van der Waals surface area contributed by atoms with Crippen LogP contribution in [0.1, 0.15) is 17.5 Å². The molecule has 0 unspecified atom stereocenters. The van der Waals surface area contributed by atoms with Crippen molar-refractivity contribution in [2.24, 2.45) is 0 Å². The Kier molecular flexibility index (Phi) is 7.88. The first-order valence-electron chi connectivity index (χ1n) is 8.40. The van der Waals surface area contributed by atoms with Crippen LogP contribution < -0.4 is 20.9 Å². The minimum Gasteiger partial charge on any atom is -0.493 e. The van der Waals surface area contributed by atoms with Gasteiger partial charge in [-0.15, -0.1) is 0 Å². The highest BCUT2D eigenvalue weighted by Gasteiger charge is 2.06. The summed E-state index contributed by atoms with van der Waals surface area (Å²) < 4.78 is 18.4. The second-order valence-corrected chi connectivity index (χ2v) is 6.28. The van der Waals surface area contributed by atoms with E-state index < -0.39 is 11.9 Å². The van der Waals surface area contributed by atoms with E-state index in [1.165, 1.54) is 24.3 Å². The summed E-state index contributed by atoms with van der Waals surface area (Å²) in [6.45, 7) is 2.72. The molecule has 0 aliphatic heterocycles. The van der Waals surface area contributed by atoms with Crippen LogP contribution in [-0.4, -0.2) is 25.1 Å². The number of hydrogen-bond donors (Lipinski definition) is 3. The molecule has 0 radical (unpaired) electrons. The molecule has 0 heterocycles. The summed E-state index contributed by atoms with van der Waals surface area (Å²) in [6.07, 6.45) is 0.633. The van der Waals surface area contributed by atoms with E-state index in [0.29, 0.717) is 30.2 Å². The van der Waals surface area contributed by atoms with E-state index in [2.05, 4.69) is 16.2 Å². The van der Waals surface area contributed by atoms with Gasteiger partial charge in [0.2, 0.25) is 5.91 Å². The number of aryl methyl sites for hydroxylation is 1. The van der Waals surface area contributed by atoms with Gasteiger partial charge in [-0.25, -0.2) is 14.6 Å². The number of rotatable bonds is 7. The average molecular weight is 394 g/mol. The molecule has 3 N–H and O–H groups in total. The SMILES string of the molecule is Cc1cc(Cl)ccc1OCCCNC(=O)NNC(=O)Cc1ccc(F)cc1. The molecule has 27 heavy (non-hydrogen) atoms. The lowest BCUT2D eigenvalue weighted by Gasteiger charge is -2.11. The van der Waals surface area contributed by atoms with Crippen LogP contribution in [0.4, 0.5) is 9.18 Å². The lowest BCUT2D eigenvalue weighted by molar-refractivity contribution is -0.121. The maximum absolute atomic E-state index is 12.8. The summed E-state index contributed by atoms with van der Waals surface area (Å²) >= 11 is 5.88. The van der Waals surface area contributed by atoms with Crippen LogP contribution in [0.2, 0.25) is 5.02 Å². The third-order valence-electron chi connectivity index (χ3n) is 3.59. The van der Waals surface area contributed by atoms with Crippen LogP contribution in [-0.2, 0) is 11.2 Å². The summed E-state index contributed by atoms with van der Waals surface area (Å²) in [4.78, 5) is 23.3. The number of hydrogen-bond acceptors (Lipinski definition) is 3. The molecular formula is C19H21ClFN3O3. The fourth-order valence-electron chi connectivity index (χ4n) is 2.23. The van der Waals surface area contributed by atoms with Crippen molar-refractivity contribution in [1.29, 1.82) is 0 Å². The highest BCUT2D eigenvalue weighted by molar-refractivity contribution is 6.30. The molecule has 3 amide bonds.